The van der Waals surface area contributed by atoms with Gasteiger partial charge in [0.15, 0.2) is 0 Å². The highest BCUT2D eigenvalue weighted by Crippen LogP contribution is 2.39. The van der Waals surface area contributed by atoms with Crippen LogP contribution >= 0.6 is 11.3 Å². The summed E-state index contributed by atoms with van der Waals surface area (Å²) in [4.78, 5) is 16.3. The third-order valence-corrected chi connectivity index (χ3v) is 7.65. The van der Waals surface area contributed by atoms with E-state index in [1.54, 1.807) is 12.1 Å². The number of benzene rings is 2. The molecule has 0 unspecified atom stereocenters. The van der Waals surface area contributed by atoms with Gasteiger partial charge < -0.3 is 20.6 Å². The first-order chi connectivity index (χ1) is 17.6. The van der Waals surface area contributed by atoms with E-state index >= 15 is 0 Å². The Morgan fingerprint density at radius 2 is 1.89 bits per heavy atom. The number of rotatable bonds is 5. The molecule has 1 saturated heterocycles. The summed E-state index contributed by atoms with van der Waals surface area (Å²) in [5.41, 5.74) is 4.63. The molecule has 2 aromatic carbocycles. The first-order valence-electron chi connectivity index (χ1n) is 12.3. The Kier molecular flexibility index (Phi) is 6.25. The number of hydrogen-bond donors (Lipinski definition) is 3. The van der Waals surface area contributed by atoms with Gasteiger partial charge in [0.05, 0.1) is 5.69 Å². The summed E-state index contributed by atoms with van der Waals surface area (Å²) in [6.07, 6.45) is 3.00. The predicted octanol–water partition coefficient (Wildman–Crippen LogP) is 4.84. The van der Waals surface area contributed by atoms with Crippen molar-refractivity contribution in [2.45, 2.75) is 31.8 Å². The zero-order valence-corrected chi connectivity index (χ0v) is 20.6. The molecule has 2 aromatic heterocycles. The van der Waals surface area contributed by atoms with Gasteiger partial charge in [0.1, 0.15) is 22.2 Å². The number of piperidine rings is 1. The second-order valence-corrected chi connectivity index (χ2v) is 10.1. The molecule has 0 radical (unpaired) electrons. The van der Waals surface area contributed by atoms with Crippen LogP contribution < -0.4 is 15.5 Å². The minimum Gasteiger partial charge on any atom is -0.493 e. The van der Waals surface area contributed by atoms with Crippen LogP contribution in [0.1, 0.15) is 24.0 Å². The minimum absolute atomic E-state index is 0.0925. The van der Waals surface area contributed by atoms with E-state index in [0.717, 1.165) is 50.2 Å². The van der Waals surface area contributed by atoms with Gasteiger partial charge in [0.25, 0.3) is 0 Å². The molecule has 2 aliphatic heterocycles. The zero-order valence-electron chi connectivity index (χ0n) is 19.7. The number of halogens is 1. The molecule has 7 nitrogen and oxygen atoms in total. The van der Waals surface area contributed by atoms with E-state index in [2.05, 4.69) is 38.7 Å². The maximum atomic E-state index is 13.4. The van der Waals surface area contributed by atoms with Crippen molar-refractivity contribution in [1.82, 2.24) is 20.3 Å². The van der Waals surface area contributed by atoms with E-state index in [9.17, 15) is 9.50 Å². The lowest BCUT2D eigenvalue weighted by molar-refractivity contribution is 0.452. The molecular weight excluding hydrogens is 475 g/mol. The van der Waals surface area contributed by atoms with Crippen LogP contribution in [0.15, 0.2) is 53.9 Å². The fourth-order valence-corrected chi connectivity index (χ4v) is 5.73. The Balaban J connectivity index is 1.37. The lowest BCUT2D eigenvalue weighted by Gasteiger charge is -2.30. The molecule has 0 aliphatic carbocycles. The smallest absolute Gasteiger partial charge is 0.230 e. The van der Waals surface area contributed by atoms with Gasteiger partial charge >= 0.3 is 0 Å². The normalized spacial score (nSPS) is 17.6. The van der Waals surface area contributed by atoms with Gasteiger partial charge in [-0.3, -0.25) is 0 Å². The molecule has 184 valence electrons. The monoisotopic (exact) mass is 502 g/mol. The summed E-state index contributed by atoms with van der Waals surface area (Å²) in [5, 5.41) is 20.7. The highest BCUT2D eigenvalue weighted by molar-refractivity contribution is 7.13. The Hall–Kier alpha value is -3.56. The van der Waals surface area contributed by atoms with Gasteiger partial charge in [0, 0.05) is 36.6 Å². The van der Waals surface area contributed by atoms with Crippen molar-refractivity contribution in [3.8, 4) is 27.7 Å². The summed E-state index contributed by atoms with van der Waals surface area (Å²) < 4.78 is 13.4. The predicted molar refractivity (Wildman–Crippen MR) is 141 cm³/mol. The van der Waals surface area contributed by atoms with Crippen molar-refractivity contribution in [2.75, 3.05) is 29.9 Å². The van der Waals surface area contributed by atoms with Crippen molar-refractivity contribution in [2.24, 2.45) is 0 Å². The van der Waals surface area contributed by atoms with Crippen molar-refractivity contribution in [3.05, 3.63) is 70.9 Å². The van der Waals surface area contributed by atoms with Crippen molar-refractivity contribution in [3.63, 3.8) is 0 Å². The fourth-order valence-electron chi connectivity index (χ4n) is 4.86. The molecule has 9 heteroatoms. The molecule has 0 bridgehead atoms. The Morgan fingerprint density at radius 3 is 2.69 bits per heavy atom. The van der Waals surface area contributed by atoms with E-state index in [1.165, 1.54) is 34.6 Å². The molecule has 4 heterocycles. The molecule has 0 spiro atoms. The summed E-state index contributed by atoms with van der Waals surface area (Å²) in [5.74, 6) is 0.714. The first-order valence-corrected chi connectivity index (χ1v) is 13.1. The molecule has 3 N–H and O–H groups in total. The number of anilines is 2. The summed E-state index contributed by atoms with van der Waals surface area (Å²) in [7, 11) is 0. The quantitative estimate of drug-likeness (QED) is 0.360. The van der Waals surface area contributed by atoms with Crippen molar-refractivity contribution >= 4 is 23.1 Å². The van der Waals surface area contributed by atoms with Crippen LogP contribution in [0.25, 0.3) is 21.8 Å². The van der Waals surface area contributed by atoms with E-state index in [0.29, 0.717) is 28.9 Å². The second kappa shape index (κ2) is 9.83. The highest BCUT2D eigenvalue weighted by Gasteiger charge is 2.26. The molecule has 2 aliphatic rings. The number of aromatic nitrogens is 3. The van der Waals surface area contributed by atoms with E-state index in [4.69, 9.17) is 9.97 Å². The van der Waals surface area contributed by atoms with Crippen LogP contribution in [0.4, 0.5) is 16.2 Å². The maximum absolute atomic E-state index is 13.4. The summed E-state index contributed by atoms with van der Waals surface area (Å²) in [6, 6.07) is 14.9. The Labute approximate surface area is 213 Å². The molecule has 0 saturated carbocycles. The lowest BCUT2D eigenvalue weighted by Crippen LogP contribution is -2.39. The van der Waals surface area contributed by atoms with Gasteiger partial charge in [-0.1, -0.05) is 24.3 Å². The Morgan fingerprint density at radius 1 is 1.06 bits per heavy atom. The van der Waals surface area contributed by atoms with Crippen LogP contribution in [0.2, 0.25) is 0 Å². The number of hydrogen-bond acceptors (Lipinski definition) is 8. The average Bonchev–Trinajstić information content (AvgIpc) is 3.39. The number of nitrogens with zero attached hydrogens (tertiary/aromatic N) is 4. The number of fused-ring (bicyclic) bond motifs is 1. The van der Waals surface area contributed by atoms with Gasteiger partial charge in [-0.2, -0.15) is 9.97 Å². The summed E-state index contributed by atoms with van der Waals surface area (Å²) in [6.45, 7) is 3.32. The van der Waals surface area contributed by atoms with Crippen LogP contribution in [0.3, 0.4) is 0 Å². The van der Waals surface area contributed by atoms with E-state index in [1.807, 2.05) is 11.4 Å². The minimum atomic E-state index is -0.288. The van der Waals surface area contributed by atoms with E-state index < -0.39 is 0 Å². The Bertz CT molecular complexity index is 1370. The largest absolute Gasteiger partial charge is 0.493 e. The van der Waals surface area contributed by atoms with Crippen LogP contribution in [-0.2, 0) is 13.0 Å². The van der Waals surface area contributed by atoms with Gasteiger partial charge in [0.2, 0.25) is 11.8 Å². The molecule has 0 amide bonds. The van der Waals surface area contributed by atoms with Crippen molar-refractivity contribution < 1.29 is 9.50 Å². The van der Waals surface area contributed by atoms with Crippen LogP contribution in [-0.4, -0.2) is 45.7 Å². The third kappa shape index (κ3) is 4.64. The first kappa shape index (κ1) is 22.9. The molecular formula is C27H27FN6OS. The van der Waals surface area contributed by atoms with Crippen LogP contribution in [0.5, 0.6) is 5.88 Å². The maximum Gasteiger partial charge on any atom is 0.230 e. The van der Waals surface area contributed by atoms with Gasteiger partial charge in [-0.25, -0.2) is 9.37 Å². The molecule has 1 atom stereocenters. The third-order valence-electron chi connectivity index (χ3n) is 6.79. The SMILES string of the molecule is Oc1nc(N2CCc3ccccc3C2)nc(N[C@@H]2CCCNC2)c1-c1nc(-c2ccc(F)cc2)cs1. The lowest BCUT2D eigenvalue weighted by atomic mass is 10.0. The zero-order chi connectivity index (χ0) is 24.5. The van der Waals surface area contributed by atoms with Crippen LogP contribution in [0, 0.1) is 5.82 Å². The van der Waals surface area contributed by atoms with E-state index in [-0.39, 0.29) is 17.7 Å². The van der Waals surface area contributed by atoms with Crippen molar-refractivity contribution in [1.29, 1.82) is 0 Å². The fraction of sp³-hybridized carbons (Fsp3) is 0.296. The summed E-state index contributed by atoms with van der Waals surface area (Å²) >= 11 is 1.41. The molecule has 36 heavy (non-hydrogen) atoms. The standard InChI is InChI=1S/C27H27FN6OS/c28-20-9-7-18(8-10-20)22-16-36-26(31-22)23-24(30-21-6-3-12-29-14-21)32-27(33-25(23)35)34-13-11-17-4-1-2-5-19(17)15-34/h1-2,4-5,7-10,16,21,29H,3,6,11-15H2,(H2,30,32,33,35)/t21-/m1/s1. The second-order valence-electron chi connectivity index (χ2n) is 9.24. The number of thiazole rings is 1. The number of aromatic hydroxyl groups is 1. The molecule has 6 rings (SSSR count). The number of nitrogens with one attached hydrogen (secondary N) is 2. The molecule has 1 fully saturated rings. The highest BCUT2D eigenvalue weighted by atomic mass is 32.1. The van der Waals surface area contributed by atoms with Gasteiger partial charge in [-0.15, -0.1) is 11.3 Å². The average molecular weight is 503 g/mol. The topological polar surface area (TPSA) is 86.2 Å². The van der Waals surface area contributed by atoms with Gasteiger partial charge in [-0.05, 0) is 61.2 Å². The molecule has 4 aromatic rings.